The lowest BCUT2D eigenvalue weighted by Gasteiger charge is -2.14. The number of carbonyl (C=O) groups excluding carboxylic acids is 2. The van der Waals surface area contributed by atoms with Gasteiger partial charge < -0.3 is 14.9 Å². The van der Waals surface area contributed by atoms with E-state index in [1.165, 1.54) is 13.3 Å². The third kappa shape index (κ3) is 5.89. The van der Waals surface area contributed by atoms with Gasteiger partial charge in [-0.3, -0.25) is 4.79 Å². The van der Waals surface area contributed by atoms with Crippen LogP contribution in [0.4, 0.5) is 0 Å². The number of ether oxygens (including phenoxy) is 1. The van der Waals surface area contributed by atoms with Crippen molar-refractivity contribution >= 4 is 29.7 Å². The van der Waals surface area contributed by atoms with E-state index in [0.717, 1.165) is 11.1 Å². The van der Waals surface area contributed by atoms with Gasteiger partial charge in [-0.1, -0.05) is 41.0 Å². The number of esters is 1. The van der Waals surface area contributed by atoms with Crippen molar-refractivity contribution in [2.75, 3.05) is 13.7 Å². The summed E-state index contributed by atoms with van der Waals surface area (Å²) in [5, 5.41) is 7.16. The topological polar surface area (TPSA) is 77.0 Å². The summed E-state index contributed by atoms with van der Waals surface area (Å²) < 4.78 is 4.62. The molecule has 7 heteroatoms. The number of halogens is 1. The molecule has 0 aliphatic heterocycles. The number of methoxy groups -OCH3 is 1. The number of hydrogen-bond acceptors (Lipinski definition) is 5. The van der Waals surface area contributed by atoms with Gasteiger partial charge in [0.05, 0.1) is 24.9 Å². The predicted octanol–water partition coefficient (Wildman–Crippen LogP) is 3.35. The van der Waals surface area contributed by atoms with Crippen molar-refractivity contribution in [3.8, 4) is 0 Å². The standard InChI is InChI=1S/C19H19ClN2O4/c1-13(16-4-3-5-17(20)10-16)22-18(23)12-26-21-11-14-6-8-15(9-7-14)19(24)25-2/h3-11,13H,12H2,1-2H3,(H,22,23)/b21-11+. The minimum Gasteiger partial charge on any atom is -0.465 e. The summed E-state index contributed by atoms with van der Waals surface area (Å²) in [7, 11) is 1.32. The maximum atomic E-state index is 11.9. The molecule has 0 radical (unpaired) electrons. The molecule has 1 amide bonds. The molecule has 0 bridgehead atoms. The molecule has 1 atom stereocenters. The van der Waals surface area contributed by atoms with Crippen LogP contribution in [0.2, 0.25) is 5.02 Å². The minimum atomic E-state index is -0.407. The Hall–Kier alpha value is -2.86. The normalized spacial score (nSPS) is 11.8. The Bertz CT molecular complexity index is 790. The second kappa shape index (κ2) is 9.58. The van der Waals surface area contributed by atoms with Gasteiger partial charge in [-0.2, -0.15) is 0 Å². The van der Waals surface area contributed by atoms with Crippen LogP contribution in [0.3, 0.4) is 0 Å². The fourth-order valence-corrected chi connectivity index (χ4v) is 2.36. The van der Waals surface area contributed by atoms with Crippen LogP contribution in [0.15, 0.2) is 53.7 Å². The van der Waals surface area contributed by atoms with Crippen molar-refractivity contribution < 1.29 is 19.2 Å². The average Bonchev–Trinajstić information content (AvgIpc) is 2.65. The Morgan fingerprint density at radius 1 is 1.23 bits per heavy atom. The first-order chi connectivity index (χ1) is 12.5. The highest BCUT2D eigenvalue weighted by Gasteiger charge is 2.10. The zero-order valence-electron chi connectivity index (χ0n) is 14.4. The lowest BCUT2D eigenvalue weighted by Crippen LogP contribution is -2.29. The first-order valence-corrected chi connectivity index (χ1v) is 8.26. The van der Waals surface area contributed by atoms with Crippen LogP contribution >= 0.6 is 11.6 Å². The molecule has 0 aliphatic rings. The van der Waals surface area contributed by atoms with Crippen LogP contribution in [0, 0.1) is 0 Å². The number of carbonyl (C=O) groups is 2. The summed E-state index contributed by atoms with van der Waals surface area (Å²) in [4.78, 5) is 28.2. The van der Waals surface area contributed by atoms with E-state index < -0.39 is 5.97 Å². The Balaban J connectivity index is 1.78. The number of nitrogens with zero attached hydrogens (tertiary/aromatic N) is 1. The van der Waals surface area contributed by atoms with Crippen molar-refractivity contribution in [1.82, 2.24) is 5.32 Å². The zero-order chi connectivity index (χ0) is 18.9. The van der Waals surface area contributed by atoms with Crippen molar-refractivity contribution in [2.24, 2.45) is 5.16 Å². The number of nitrogens with one attached hydrogen (secondary N) is 1. The molecule has 2 aromatic carbocycles. The highest BCUT2D eigenvalue weighted by atomic mass is 35.5. The fraction of sp³-hybridized carbons (Fsp3) is 0.211. The van der Waals surface area contributed by atoms with Gasteiger partial charge in [0.1, 0.15) is 0 Å². The van der Waals surface area contributed by atoms with Crippen LogP contribution in [-0.2, 0) is 14.4 Å². The second-order valence-corrected chi connectivity index (χ2v) is 5.90. The molecule has 0 aromatic heterocycles. The molecule has 6 nitrogen and oxygen atoms in total. The van der Waals surface area contributed by atoms with Gasteiger partial charge in [-0.05, 0) is 42.3 Å². The molecule has 0 spiro atoms. The number of amides is 1. The number of hydrogen-bond donors (Lipinski definition) is 1. The maximum absolute atomic E-state index is 11.9. The molecule has 136 valence electrons. The number of rotatable bonds is 7. The first kappa shape index (κ1) is 19.5. The van der Waals surface area contributed by atoms with E-state index in [-0.39, 0.29) is 18.6 Å². The minimum absolute atomic E-state index is 0.195. The molecule has 0 saturated heterocycles. The van der Waals surface area contributed by atoms with Crippen molar-refractivity contribution in [3.05, 3.63) is 70.2 Å². The SMILES string of the molecule is COC(=O)c1ccc(/C=N/OCC(=O)NC(C)c2cccc(Cl)c2)cc1. The summed E-state index contributed by atoms with van der Waals surface area (Å²) in [5.74, 6) is -0.703. The lowest BCUT2D eigenvalue weighted by atomic mass is 10.1. The lowest BCUT2D eigenvalue weighted by molar-refractivity contribution is -0.126. The third-order valence-corrected chi connectivity index (χ3v) is 3.77. The van der Waals surface area contributed by atoms with Crippen molar-refractivity contribution in [1.29, 1.82) is 0 Å². The van der Waals surface area contributed by atoms with Gasteiger partial charge in [0.15, 0.2) is 6.61 Å². The van der Waals surface area contributed by atoms with Gasteiger partial charge in [-0.15, -0.1) is 0 Å². The Kier molecular flexibility index (Phi) is 7.17. The van der Waals surface area contributed by atoms with Crippen molar-refractivity contribution in [2.45, 2.75) is 13.0 Å². The first-order valence-electron chi connectivity index (χ1n) is 7.88. The predicted molar refractivity (Wildman–Crippen MR) is 99.3 cm³/mol. The summed E-state index contributed by atoms with van der Waals surface area (Å²) in [6.07, 6.45) is 1.45. The fourth-order valence-electron chi connectivity index (χ4n) is 2.16. The molecule has 0 saturated carbocycles. The van der Waals surface area contributed by atoms with Crippen LogP contribution in [0.25, 0.3) is 0 Å². The Morgan fingerprint density at radius 2 is 1.96 bits per heavy atom. The molecule has 1 unspecified atom stereocenters. The van der Waals surface area contributed by atoms with E-state index in [4.69, 9.17) is 16.4 Å². The summed E-state index contributed by atoms with van der Waals surface area (Å²) in [6, 6.07) is 13.7. The molecule has 0 aliphatic carbocycles. The third-order valence-electron chi connectivity index (χ3n) is 3.53. The van der Waals surface area contributed by atoms with Gasteiger partial charge in [0, 0.05) is 5.02 Å². The van der Waals surface area contributed by atoms with Crippen LogP contribution in [0.1, 0.15) is 34.5 Å². The van der Waals surface area contributed by atoms with E-state index in [2.05, 4.69) is 15.2 Å². The van der Waals surface area contributed by atoms with Crippen LogP contribution < -0.4 is 5.32 Å². The molecule has 1 N–H and O–H groups in total. The Morgan fingerprint density at radius 3 is 2.62 bits per heavy atom. The number of oxime groups is 1. The van der Waals surface area contributed by atoms with Gasteiger partial charge in [0.25, 0.3) is 5.91 Å². The molecule has 0 heterocycles. The summed E-state index contributed by atoms with van der Waals surface area (Å²) >= 11 is 5.94. The molecular formula is C19H19ClN2O4. The molecule has 2 aromatic rings. The van der Waals surface area contributed by atoms with E-state index in [1.807, 2.05) is 19.1 Å². The molecule has 0 fully saturated rings. The largest absolute Gasteiger partial charge is 0.465 e. The van der Waals surface area contributed by atoms with Crippen LogP contribution in [-0.4, -0.2) is 31.8 Å². The van der Waals surface area contributed by atoms with Gasteiger partial charge >= 0.3 is 5.97 Å². The smallest absolute Gasteiger partial charge is 0.337 e. The van der Waals surface area contributed by atoms with Crippen LogP contribution in [0.5, 0.6) is 0 Å². The van der Waals surface area contributed by atoms with Gasteiger partial charge in [-0.25, -0.2) is 4.79 Å². The van der Waals surface area contributed by atoms with E-state index in [1.54, 1.807) is 36.4 Å². The number of benzene rings is 2. The Labute approximate surface area is 156 Å². The molecule has 26 heavy (non-hydrogen) atoms. The van der Waals surface area contributed by atoms with E-state index in [0.29, 0.717) is 10.6 Å². The van der Waals surface area contributed by atoms with Crippen molar-refractivity contribution in [3.63, 3.8) is 0 Å². The summed E-state index contributed by atoms with van der Waals surface area (Å²) in [5.41, 5.74) is 2.07. The average molecular weight is 375 g/mol. The molecule has 2 rings (SSSR count). The highest BCUT2D eigenvalue weighted by Crippen LogP contribution is 2.17. The summed E-state index contributed by atoms with van der Waals surface area (Å²) in [6.45, 7) is 1.65. The van der Waals surface area contributed by atoms with E-state index in [9.17, 15) is 9.59 Å². The monoisotopic (exact) mass is 374 g/mol. The zero-order valence-corrected chi connectivity index (χ0v) is 15.2. The molecular weight excluding hydrogens is 356 g/mol. The maximum Gasteiger partial charge on any atom is 0.337 e. The van der Waals surface area contributed by atoms with E-state index >= 15 is 0 Å². The highest BCUT2D eigenvalue weighted by molar-refractivity contribution is 6.30. The second-order valence-electron chi connectivity index (χ2n) is 5.47. The quantitative estimate of drug-likeness (QED) is 0.458. The van der Waals surface area contributed by atoms with Gasteiger partial charge in [0.2, 0.25) is 0 Å².